The molecule has 2 heterocycles. The molecule has 0 aliphatic heterocycles. The summed E-state index contributed by atoms with van der Waals surface area (Å²) in [5.74, 6) is 1.28. The number of hydrogen-bond donors (Lipinski definition) is 1. The standard InChI is InChI=1S/C26H28N4O3S/c1-17-13-18(2)30(29-17)22-8-5-19(6-9-22)11-12-27-25(31)15-21-16-34-26(28-21)20-7-10-23(32-3)24(14-20)33-4/h5-10,13-14,16H,11-12,15H2,1-4H3,(H,27,31). The molecule has 8 heteroatoms. The Balaban J connectivity index is 1.29. The van der Waals surface area contributed by atoms with Crippen molar-refractivity contribution in [2.45, 2.75) is 26.7 Å². The topological polar surface area (TPSA) is 78.3 Å². The van der Waals surface area contributed by atoms with Gasteiger partial charge in [0.05, 0.1) is 37.7 Å². The first kappa shape index (κ1) is 23.5. The van der Waals surface area contributed by atoms with Crippen LogP contribution in [0.15, 0.2) is 53.9 Å². The number of nitrogens with one attached hydrogen (secondary N) is 1. The summed E-state index contributed by atoms with van der Waals surface area (Å²) in [6.07, 6.45) is 1.01. The van der Waals surface area contributed by atoms with Crippen LogP contribution in [0.5, 0.6) is 11.5 Å². The molecule has 34 heavy (non-hydrogen) atoms. The van der Waals surface area contributed by atoms with Gasteiger partial charge in [-0.3, -0.25) is 4.79 Å². The lowest BCUT2D eigenvalue weighted by Crippen LogP contribution is -2.27. The Labute approximate surface area is 203 Å². The molecule has 0 aliphatic rings. The van der Waals surface area contributed by atoms with Crippen LogP contribution in [0.3, 0.4) is 0 Å². The molecule has 0 fully saturated rings. The highest BCUT2D eigenvalue weighted by atomic mass is 32.1. The third-order valence-electron chi connectivity index (χ3n) is 5.45. The van der Waals surface area contributed by atoms with Crippen LogP contribution < -0.4 is 14.8 Å². The molecule has 1 N–H and O–H groups in total. The van der Waals surface area contributed by atoms with Crippen LogP contribution in [-0.2, 0) is 17.6 Å². The first-order chi connectivity index (χ1) is 16.5. The minimum Gasteiger partial charge on any atom is -0.493 e. The summed E-state index contributed by atoms with van der Waals surface area (Å²) >= 11 is 1.51. The van der Waals surface area contributed by atoms with Crippen molar-refractivity contribution in [1.82, 2.24) is 20.1 Å². The van der Waals surface area contributed by atoms with Crippen molar-refractivity contribution in [3.63, 3.8) is 0 Å². The normalized spacial score (nSPS) is 10.8. The molecule has 4 aromatic rings. The molecule has 0 saturated heterocycles. The fourth-order valence-corrected chi connectivity index (χ4v) is 4.57. The zero-order valence-electron chi connectivity index (χ0n) is 19.8. The molecule has 0 spiro atoms. The number of nitrogens with zero attached hydrogens (tertiary/aromatic N) is 3. The largest absolute Gasteiger partial charge is 0.493 e. The number of thiazole rings is 1. The van der Waals surface area contributed by atoms with Crippen LogP contribution in [-0.4, -0.2) is 41.4 Å². The van der Waals surface area contributed by atoms with Crippen LogP contribution >= 0.6 is 11.3 Å². The third-order valence-corrected chi connectivity index (χ3v) is 6.39. The Morgan fingerprint density at radius 3 is 2.47 bits per heavy atom. The van der Waals surface area contributed by atoms with Crippen molar-refractivity contribution < 1.29 is 14.3 Å². The first-order valence-corrected chi connectivity index (χ1v) is 11.9. The molecule has 0 saturated carbocycles. The van der Waals surface area contributed by atoms with Gasteiger partial charge in [-0.2, -0.15) is 5.10 Å². The predicted molar refractivity (Wildman–Crippen MR) is 134 cm³/mol. The lowest BCUT2D eigenvalue weighted by atomic mass is 10.1. The Hall–Kier alpha value is -3.65. The van der Waals surface area contributed by atoms with Gasteiger partial charge in [0, 0.05) is 23.2 Å². The number of carbonyl (C=O) groups excluding carboxylic acids is 1. The molecule has 1 amide bonds. The maximum absolute atomic E-state index is 12.4. The van der Waals surface area contributed by atoms with Crippen molar-refractivity contribution in [2.75, 3.05) is 20.8 Å². The van der Waals surface area contributed by atoms with E-state index in [1.54, 1.807) is 14.2 Å². The molecule has 2 aromatic heterocycles. The van der Waals surface area contributed by atoms with E-state index in [4.69, 9.17) is 9.47 Å². The number of hydrogen-bond acceptors (Lipinski definition) is 6. The fourth-order valence-electron chi connectivity index (χ4n) is 3.76. The van der Waals surface area contributed by atoms with Gasteiger partial charge >= 0.3 is 0 Å². The summed E-state index contributed by atoms with van der Waals surface area (Å²) in [4.78, 5) is 17.0. The Morgan fingerprint density at radius 1 is 1.03 bits per heavy atom. The quantitative estimate of drug-likeness (QED) is 0.384. The van der Waals surface area contributed by atoms with Crippen molar-refractivity contribution in [1.29, 1.82) is 0 Å². The summed E-state index contributed by atoms with van der Waals surface area (Å²) in [5, 5.41) is 10.3. The minimum absolute atomic E-state index is 0.0385. The van der Waals surface area contributed by atoms with Gasteiger partial charge in [0.1, 0.15) is 5.01 Å². The molecule has 0 bridgehead atoms. The van der Waals surface area contributed by atoms with E-state index >= 15 is 0 Å². The number of ether oxygens (including phenoxy) is 2. The van der Waals surface area contributed by atoms with Gasteiger partial charge < -0.3 is 14.8 Å². The first-order valence-electron chi connectivity index (χ1n) is 11.0. The van der Waals surface area contributed by atoms with E-state index in [9.17, 15) is 4.79 Å². The second-order valence-electron chi connectivity index (χ2n) is 8.00. The maximum Gasteiger partial charge on any atom is 0.226 e. The summed E-state index contributed by atoms with van der Waals surface area (Å²) in [6.45, 7) is 4.61. The Bertz CT molecular complexity index is 1280. The van der Waals surface area contributed by atoms with E-state index in [1.165, 1.54) is 11.3 Å². The van der Waals surface area contributed by atoms with Crippen LogP contribution in [0.1, 0.15) is 22.6 Å². The van der Waals surface area contributed by atoms with Crippen molar-refractivity contribution in [2.24, 2.45) is 0 Å². The number of benzene rings is 2. The molecule has 2 aromatic carbocycles. The van der Waals surface area contributed by atoms with Gasteiger partial charge in [-0.1, -0.05) is 12.1 Å². The highest BCUT2D eigenvalue weighted by molar-refractivity contribution is 7.13. The molecule has 176 valence electrons. The molecule has 0 unspecified atom stereocenters. The Kier molecular flexibility index (Phi) is 7.27. The average Bonchev–Trinajstić information content (AvgIpc) is 3.44. The smallest absolute Gasteiger partial charge is 0.226 e. The minimum atomic E-state index is -0.0385. The number of aryl methyl sites for hydroxylation is 2. The van der Waals surface area contributed by atoms with Gasteiger partial charge in [0.25, 0.3) is 0 Å². The van der Waals surface area contributed by atoms with Gasteiger partial charge in [-0.25, -0.2) is 9.67 Å². The van der Waals surface area contributed by atoms with Crippen molar-refractivity contribution in [3.8, 4) is 27.8 Å². The fraction of sp³-hybridized carbons (Fsp3) is 0.269. The molecule has 4 rings (SSSR count). The van der Waals surface area contributed by atoms with Gasteiger partial charge in [0.15, 0.2) is 11.5 Å². The lowest BCUT2D eigenvalue weighted by Gasteiger charge is -2.08. The highest BCUT2D eigenvalue weighted by Crippen LogP contribution is 2.33. The zero-order valence-corrected chi connectivity index (χ0v) is 20.6. The summed E-state index contributed by atoms with van der Waals surface area (Å²) < 4.78 is 12.6. The number of aromatic nitrogens is 3. The number of carbonyl (C=O) groups is 1. The average molecular weight is 477 g/mol. The SMILES string of the molecule is COc1ccc(-c2nc(CC(=O)NCCc3ccc(-n4nc(C)cc4C)cc3)cs2)cc1OC. The molecule has 0 radical (unpaired) electrons. The van der Waals surface area contributed by atoms with Gasteiger partial charge in [-0.05, 0) is 62.2 Å². The monoisotopic (exact) mass is 476 g/mol. The number of amides is 1. The van der Waals surface area contributed by atoms with E-state index in [0.717, 1.165) is 45.3 Å². The molecule has 7 nitrogen and oxygen atoms in total. The van der Waals surface area contributed by atoms with E-state index < -0.39 is 0 Å². The van der Waals surface area contributed by atoms with Crippen LogP contribution in [0.4, 0.5) is 0 Å². The maximum atomic E-state index is 12.4. The predicted octanol–water partition coefficient (Wildman–Crippen LogP) is 4.53. The second kappa shape index (κ2) is 10.5. The molecular formula is C26H28N4O3S. The molecule has 0 aliphatic carbocycles. The van der Waals surface area contributed by atoms with Gasteiger partial charge in [0.2, 0.25) is 5.91 Å². The third kappa shape index (κ3) is 5.46. The lowest BCUT2D eigenvalue weighted by molar-refractivity contribution is -0.120. The molecular weight excluding hydrogens is 448 g/mol. The van der Waals surface area contributed by atoms with E-state index in [1.807, 2.05) is 42.1 Å². The Morgan fingerprint density at radius 2 is 1.79 bits per heavy atom. The zero-order chi connectivity index (χ0) is 24.1. The number of rotatable bonds is 9. The summed E-state index contributed by atoms with van der Waals surface area (Å²) in [7, 11) is 3.21. The highest BCUT2D eigenvalue weighted by Gasteiger charge is 2.12. The number of methoxy groups -OCH3 is 2. The second-order valence-corrected chi connectivity index (χ2v) is 8.85. The summed E-state index contributed by atoms with van der Waals surface area (Å²) in [6, 6.07) is 16.0. The van der Waals surface area contributed by atoms with E-state index in [0.29, 0.717) is 18.0 Å². The van der Waals surface area contributed by atoms with Crippen molar-refractivity contribution >= 4 is 17.2 Å². The van der Waals surface area contributed by atoms with E-state index in [-0.39, 0.29) is 12.3 Å². The van der Waals surface area contributed by atoms with Crippen LogP contribution in [0, 0.1) is 13.8 Å². The van der Waals surface area contributed by atoms with Crippen molar-refractivity contribution in [3.05, 3.63) is 76.6 Å². The van der Waals surface area contributed by atoms with Crippen LogP contribution in [0.25, 0.3) is 16.3 Å². The summed E-state index contributed by atoms with van der Waals surface area (Å²) in [5.41, 5.74) is 5.98. The van der Waals surface area contributed by atoms with Crippen LogP contribution in [0.2, 0.25) is 0 Å². The van der Waals surface area contributed by atoms with Gasteiger partial charge in [-0.15, -0.1) is 11.3 Å². The van der Waals surface area contributed by atoms with E-state index in [2.05, 4.69) is 45.7 Å². The molecule has 0 atom stereocenters.